The van der Waals surface area contributed by atoms with E-state index in [0.29, 0.717) is 24.8 Å². The summed E-state index contributed by atoms with van der Waals surface area (Å²) in [5.41, 5.74) is 1.66. The van der Waals surface area contributed by atoms with E-state index in [4.69, 9.17) is 21.4 Å². The molecule has 3 aliphatic rings. The summed E-state index contributed by atoms with van der Waals surface area (Å²) < 4.78 is 5.51. The van der Waals surface area contributed by atoms with Crippen LogP contribution in [0, 0.1) is 0 Å². The number of urea groups is 1. The summed E-state index contributed by atoms with van der Waals surface area (Å²) in [6.07, 6.45) is -0.737. The number of hydrazone groups is 1. The summed E-state index contributed by atoms with van der Waals surface area (Å²) in [5.74, 6) is -0.227. The van der Waals surface area contributed by atoms with Crippen molar-refractivity contribution in [3.8, 4) is 0 Å². The number of nitrogens with one attached hydrogen (secondary N) is 1. The molecule has 3 heterocycles. The number of carbonyl (C=O) groups is 2. The van der Waals surface area contributed by atoms with Crippen molar-refractivity contribution < 1.29 is 14.3 Å². The maximum Gasteiger partial charge on any atom is 0.328 e. The molecule has 2 fully saturated rings. The van der Waals surface area contributed by atoms with Crippen LogP contribution in [0.4, 0.5) is 4.79 Å². The second-order valence-corrected chi connectivity index (χ2v) is 8.47. The van der Waals surface area contributed by atoms with Gasteiger partial charge in [0.25, 0.3) is 5.91 Å². The van der Waals surface area contributed by atoms with Crippen LogP contribution in [0.2, 0.25) is 5.02 Å². The normalized spacial score (nSPS) is 28.7. The van der Waals surface area contributed by atoms with Gasteiger partial charge in [-0.15, -0.1) is 0 Å². The van der Waals surface area contributed by atoms with Crippen LogP contribution in [0.1, 0.15) is 26.3 Å². The number of ether oxygens (including phenoxy) is 1. The van der Waals surface area contributed by atoms with E-state index in [1.54, 1.807) is 18.0 Å². The minimum Gasteiger partial charge on any atom is -0.380 e. The molecule has 9 nitrogen and oxygen atoms in total. The van der Waals surface area contributed by atoms with Crippen molar-refractivity contribution in [2.75, 3.05) is 26.8 Å². The van der Waals surface area contributed by atoms with Crippen molar-refractivity contribution in [3.05, 3.63) is 34.9 Å². The summed E-state index contributed by atoms with van der Waals surface area (Å²) in [4.78, 5) is 31.7. The van der Waals surface area contributed by atoms with Gasteiger partial charge in [0.2, 0.25) is 0 Å². The number of hydrogen-bond acceptors (Lipinski definition) is 7. The summed E-state index contributed by atoms with van der Waals surface area (Å²) in [6.45, 7) is 7.84. The molecule has 0 spiro atoms. The molecular formula is C21H29ClN6O3. The van der Waals surface area contributed by atoms with E-state index in [9.17, 15) is 9.59 Å². The van der Waals surface area contributed by atoms with Gasteiger partial charge in [0, 0.05) is 18.7 Å². The van der Waals surface area contributed by atoms with Crippen molar-refractivity contribution in [1.29, 1.82) is 0 Å². The molecule has 0 bridgehead atoms. The zero-order chi connectivity index (χ0) is 22.3. The Morgan fingerprint density at radius 3 is 2.71 bits per heavy atom. The van der Waals surface area contributed by atoms with Gasteiger partial charge >= 0.3 is 6.03 Å². The Morgan fingerprint density at radius 1 is 1.26 bits per heavy atom. The van der Waals surface area contributed by atoms with E-state index in [1.165, 1.54) is 4.90 Å². The van der Waals surface area contributed by atoms with Crippen molar-refractivity contribution in [3.63, 3.8) is 0 Å². The van der Waals surface area contributed by atoms with Crippen LogP contribution in [0.15, 0.2) is 29.4 Å². The molecule has 168 valence electrons. The molecule has 1 aromatic carbocycles. The molecule has 1 aromatic rings. The molecule has 1 N–H and O–H groups in total. The molecule has 3 aliphatic heterocycles. The molecule has 0 aromatic heterocycles. The number of benzene rings is 1. The van der Waals surface area contributed by atoms with E-state index in [0.717, 1.165) is 11.3 Å². The molecule has 0 radical (unpaired) electrons. The van der Waals surface area contributed by atoms with Crippen LogP contribution in [-0.4, -0.2) is 88.7 Å². The van der Waals surface area contributed by atoms with Crippen LogP contribution in [0.3, 0.4) is 0 Å². The second-order valence-electron chi connectivity index (χ2n) is 8.06. The Hall–Kier alpha value is -2.20. The standard InChI is InChI=1S/C21H29ClN6O3/c1-5-31-11-10-27-20-23-18-17(28(20)14(3)13(2)24-27)19(29)26(21(30)25(18)4)12-15-8-6-7-9-16(15)22/h6-9,14,17-18,20,23H,5,10-12H2,1-4H3. The van der Waals surface area contributed by atoms with Crippen molar-refractivity contribution in [1.82, 2.24) is 25.0 Å². The highest BCUT2D eigenvalue weighted by Crippen LogP contribution is 2.33. The lowest BCUT2D eigenvalue weighted by atomic mass is 10.0. The largest absolute Gasteiger partial charge is 0.380 e. The van der Waals surface area contributed by atoms with Gasteiger partial charge in [0.05, 0.1) is 31.4 Å². The molecule has 4 atom stereocenters. The Balaban J connectivity index is 1.63. The van der Waals surface area contributed by atoms with E-state index in [2.05, 4.69) is 10.2 Å². The molecule has 4 unspecified atom stereocenters. The third-order valence-electron chi connectivity index (χ3n) is 6.27. The van der Waals surface area contributed by atoms with Crippen LogP contribution < -0.4 is 5.32 Å². The number of hydrogen-bond donors (Lipinski definition) is 1. The highest BCUT2D eigenvalue weighted by atomic mass is 35.5. The van der Waals surface area contributed by atoms with Crippen LogP contribution in [0.5, 0.6) is 0 Å². The molecular weight excluding hydrogens is 420 g/mol. The molecule has 4 rings (SSSR count). The van der Waals surface area contributed by atoms with Gasteiger partial charge in [-0.05, 0) is 32.4 Å². The van der Waals surface area contributed by atoms with Gasteiger partial charge in [0.15, 0.2) is 6.29 Å². The van der Waals surface area contributed by atoms with Gasteiger partial charge in [-0.3, -0.25) is 20.0 Å². The smallest absolute Gasteiger partial charge is 0.328 e. The number of carbonyl (C=O) groups excluding carboxylic acids is 2. The zero-order valence-corrected chi connectivity index (χ0v) is 19.0. The average molecular weight is 449 g/mol. The number of fused-ring (bicyclic) bond motifs is 3. The minimum absolute atomic E-state index is 0.0523. The third kappa shape index (κ3) is 3.80. The second kappa shape index (κ2) is 8.74. The fourth-order valence-electron chi connectivity index (χ4n) is 4.46. The fraction of sp³-hybridized carbons (Fsp3) is 0.571. The number of likely N-dealkylation sites (N-methyl/N-ethyl adjacent to an activating group) is 1. The van der Waals surface area contributed by atoms with Crippen LogP contribution in [-0.2, 0) is 16.1 Å². The predicted molar refractivity (Wildman–Crippen MR) is 117 cm³/mol. The summed E-state index contributed by atoms with van der Waals surface area (Å²) in [5, 5.41) is 10.6. The number of imide groups is 1. The van der Waals surface area contributed by atoms with Crippen LogP contribution >= 0.6 is 11.6 Å². The number of amides is 3. The number of nitrogens with zero attached hydrogens (tertiary/aromatic N) is 5. The van der Waals surface area contributed by atoms with Gasteiger partial charge in [-0.2, -0.15) is 5.10 Å². The van der Waals surface area contributed by atoms with E-state index in [-0.39, 0.29) is 30.8 Å². The van der Waals surface area contributed by atoms with Gasteiger partial charge in [0.1, 0.15) is 12.2 Å². The SMILES string of the molecule is CCOCCN1N=C(C)C(C)N2C3C(=O)N(Cc4ccccc4Cl)C(=O)N(C)C3NC12. The third-order valence-corrected chi connectivity index (χ3v) is 6.64. The minimum atomic E-state index is -0.523. The summed E-state index contributed by atoms with van der Waals surface area (Å²) in [7, 11) is 1.72. The molecule has 2 saturated heterocycles. The van der Waals surface area contributed by atoms with Crippen molar-refractivity contribution in [2.24, 2.45) is 5.10 Å². The first-order valence-corrected chi connectivity index (χ1v) is 11.0. The summed E-state index contributed by atoms with van der Waals surface area (Å²) in [6, 6.07) is 6.35. The Morgan fingerprint density at radius 2 is 2.00 bits per heavy atom. The lowest BCUT2D eigenvalue weighted by Crippen LogP contribution is -2.67. The summed E-state index contributed by atoms with van der Waals surface area (Å²) >= 11 is 6.30. The zero-order valence-electron chi connectivity index (χ0n) is 18.3. The van der Waals surface area contributed by atoms with Crippen molar-refractivity contribution in [2.45, 2.75) is 51.9 Å². The first-order valence-electron chi connectivity index (χ1n) is 10.6. The molecule has 31 heavy (non-hydrogen) atoms. The Bertz CT molecular complexity index is 896. The first kappa shape index (κ1) is 22.0. The van der Waals surface area contributed by atoms with E-state index in [1.807, 2.05) is 44.0 Å². The highest BCUT2D eigenvalue weighted by molar-refractivity contribution is 6.31. The Labute approximate surface area is 187 Å². The number of halogens is 1. The maximum absolute atomic E-state index is 13.6. The van der Waals surface area contributed by atoms with E-state index < -0.39 is 12.2 Å². The van der Waals surface area contributed by atoms with E-state index >= 15 is 0 Å². The van der Waals surface area contributed by atoms with Gasteiger partial charge < -0.3 is 9.64 Å². The predicted octanol–water partition coefficient (Wildman–Crippen LogP) is 1.73. The van der Waals surface area contributed by atoms with Gasteiger partial charge in [-0.25, -0.2) is 9.69 Å². The molecule has 3 amide bonds. The molecule has 0 saturated carbocycles. The molecule has 10 heteroatoms. The number of rotatable bonds is 6. The highest BCUT2D eigenvalue weighted by Gasteiger charge is 2.57. The topological polar surface area (TPSA) is 80.7 Å². The lowest BCUT2D eigenvalue weighted by molar-refractivity contribution is -0.140. The van der Waals surface area contributed by atoms with Crippen LogP contribution in [0.25, 0.3) is 0 Å². The van der Waals surface area contributed by atoms with Gasteiger partial charge in [-0.1, -0.05) is 29.8 Å². The monoisotopic (exact) mass is 448 g/mol. The first-order chi connectivity index (χ1) is 14.8. The van der Waals surface area contributed by atoms with Crippen molar-refractivity contribution >= 4 is 29.3 Å². The quantitative estimate of drug-likeness (QED) is 0.667. The lowest BCUT2D eigenvalue weighted by Gasteiger charge is -2.45. The maximum atomic E-state index is 13.6. The average Bonchev–Trinajstić information content (AvgIpc) is 3.16. The Kier molecular flexibility index (Phi) is 6.20. The molecule has 0 aliphatic carbocycles. The fourth-order valence-corrected chi connectivity index (χ4v) is 4.66.